The molecule has 170 valence electrons. The molecule has 8 heteroatoms. The van der Waals surface area contributed by atoms with Crippen LogP contribution in [-0.4, -0.2) is 37.4 Å². The van der Waals surface area contributed by atoms with Gasteiger partial charge in [0.25, 0.3) is 5.91 Å². The van der Waals surface area contributed by atoms with Gasteiger partial charge in [-0.2, -0.15) is 0 Å². The fourth-order valence-corrected chi connectivity index (χ4v) is 3.96. The van der Waals surface area contributed by atoms with E-state index in [0.29, 0.717) is 48.3 Å². The van der Waals surface area contributed by atoms with E-state index in [1.807, 2.05) is 25.1 Å². The summed E-state index contributed by atoms with van der Waals surface area (Å²) in [5.74, 6) is 1.80. The molecule has 33 heavy (non-hydrogen) atoms. The number of carbonyl (C=O) groups excluding carboxylic acids is 2. The highest BCUT2D eigenvalue weighted by Gasteiger charge is 2.15. The van der Waals surface area contributed by atoms with Crippen molar-refractivity contribution in [3.05, 3.63) is 72.3 Å². The lowest BCUT2D eigenvalue weighted by Crippen LogP contribution is -2.19. The van der Waals surface area contributed by atoms with Crippen LogP contribution >= 0.6 is 11.8 Å². The number of hydrogen-bond acceptors (Lipinski definition) is 6. The molecule has 0 atom stereocenters. The Balaban J connectivity index is 1.36. The molecule has 0 saturated carbocycles. The minimum Gasteiger partial charge on any atom is -0.494 e. The predicted molar refractivity (Wildman–Crippen MR) is 129 cm³/mol. The van der Waals surface area contributed by atoms with Crippen molar-refractivity contribution < 1.29 is 23.8 Å². The molecular formula is C25H24N2O5S. The molecule has 0 aliphatic carbocycles. The summed E-state index contributed by atoms with van der Waals surface area (Å²) in [4.78, 5) is 26.3. The van der Waals surface area contributed by atoms with E-state index in [1.54, 1.807) is 48.5 Å². The highest BCUT2D eigenvalue weighted by atomic mass is 32.2. The number of rotatable bonds is 8. The number of hydrogen-bond donors (Lipinski definition) is 2. The minimum atomic E-state index is -0.311. The molecule has 1 aliphatic heterocycles. The normalized spacial score (nSPS) is 12.0. The zero-order valence-corrected chi connectivity index (χ0v) is 18.9. The van der Waals surface area contributed by atoms with Gasteiger partial charge in [0.1, 0.15) is 19.0 Å². The van der Waals surface area contributed by atoms with Crippen molar-refractivity contribution in [3.8, 4) is 17.2 Å². The van der Waals surface area contributed by atoms with Crippen LogP contribution in [-0.2, 0) is 4.79 Å². The van der Waals surface area contributed by atoms with Crippen LogP contribution in [0.2, 0.25) is 0 Å². The van der Waals surface area contributed by atoms with Gasteiger partial charge in [-0.05, 0) is 61.5 Å². The molecule has 0 aromatic heterocycles. The van der Waals surface area contributed by atoms with Crippen molar-refractivity contribution >= 4 is 35.0 Å². The molecule has 0 spiro atoms. The maximum atomic E-state index is 12.8. The van der Waals surface area contributed by atoms with E-state index in [9.17, 15) is 9.59 Å². The van der Waals surface area contributed by atoms with Crippen LogP contribution in [0.5, 0.6) is 17.2 Å². The highest BCUT2D eigenvalue weighted by molar-refractivity contribution is 8.00. The first-order valence-electron chi connectivity index (χ1n) is 10.6. The molecule has 2 amide bonds. The number of ether oxygens (including phenoxy) is 3. The summed E-state index contributed by atoms with van der Waals surface area (Å²) in [5, 5.41) is 5.69. The maximum absolute atomic E-state index is 12.8. The van der Waals surface area contributed by atoms with Crippen LogP contribution in [0.4, 0.5) is 11.4 Å². The van der Waals surface area contributed by atoms with Crippen LogP contribution in [0.1, 0.15) is 17.3 Å². The number of nitrogens with one attached hydrogen (secondary N) is 2. The predicted octanol–water partition coefficient (Wildman–Crippen LogP) is 4.84. The number of anilines is 2. The number of amides is 2. The molecule has 7 nitrogen and oxygen atoms in total. The molecule has 3 aromatic rings. The van der Waals surface area contributed by atoms with Gasteiger partial charge in [0, 0.05) is 10.6 Å². The van der Waals surface area contributed by atoms with Crippen LogP contribution in [0, 0.1) is 0 Å². The van der Waals surface area contributed by atoms with E-state index in [1.165, 1.54) is 11.8 Å². The first-order chi connectivity index (χ1) is 16.1. The summed E-state index contributed by atoms with van der Waals surface area (Å²) in [6.07, 6.45) is 0. The zero-order valence-electron chi connectivity index (χ0n) is 18.1. The molecular weight excluding hydrogens is 440 g/mol. The van der Waals surface area contributed by atoms with Gasteiger partial charge < -0.3 is 24.8 Å². The Morgan fingerprint density at radius 2 is 1.70 bits per heavy atom. The van der Waals surface area contributed by atoms with Crippen LogP contribution in [0.3, 0.4) is 0 Å². The van der Waals surface area contributed by atoms with Crippen molar-refractivity contribution in [2.75, 3.05) is 36.2 Å². The molecule has 1 heterocycles. The standard InChI is InChI=1S/C25H24N2O5S/c1-2-30-18-9-7-17(8-10-18)26-25(29)20-5-3-4-6-21(20)27-24(28)16-33-19-11-12-22-23(15-19)32-14-13-31-22/h3-12,15H,2,13-14,16H2,1H3,(H,26,29)(H,27,28). The Labute approximate surface area is 196 Å². The van der Waals surface area contributed by atoms with Gasteiger partial charge in [-0.1, -0.05) is 12.1 Å². The number of carbonyl (C=O) groups is 2. The zero-order chi connectivity index (χ0) is 23.0. The van der Waals surface area contributed by atoms with Crippen molar-refractivity contribution in [2.45, 2.75) is 11.8 Å². The Bertz CT molecular complexity index is 1130. The summed E-state index contributed by atoms with van der Waals surface area (Å²) in [6.45, 7) is 3.53. The first kappa shape index (κ1) is 22.5. The molecule has 0 unspecified atom stereocenters. The van der Waals surface area contributed by atoms with Crippen LogP contribution < -0.4 is 24.8 Å². The lowest BCUT2D eigenvalue weighted by Gasteiger charge is -2.18. The summed E-state index contributed by atoms with van der Waals surface area (Å²) in [6, 6.07) is 19.6. The SMILES string of the molecule is CCOc1ccc(NC(=O)c2ccccc2NC(=O)CSc2ccc3c(c2)OCCO3)cc1. The molecule has 4 rings (SSSR count). The van der Waals surface area contributed by atoms with Gasteiger partial charge in [0.15, 0.2) is 11.5 Å². The number of thioether (sulfide) groups is 1. The van der Waals surface area contributed by atoms with Crippen molar-refractivity contribution in [2.24, 2.45) is 0 Å². The Kier molecular flexibility index (Phi) is 7.36. The third kappa shape index (κ3) is 5.98. The minimum absolute atomic E-state index is 0.189. The molecule has 0 saturated heterocycles. The first-order valence-corrected chi connectivity index (χ1v) is 11.6. The average Bonchev–Trinajstić information content (AvgIpc) is 2.84. The summed E-state index contributed by atoms with van der Waals surface area (Å²) >= 11 is 1.38. The maximum Gasteiger partial charge on any atom is 0.257 e. The van der Waals surface area contributed by atoms with E-state index < -0.39 is 0 Å². The molecule has 0 radical (unpaired) electrons. The van der Waals surface area contributed by atoms with Crippen LogP contribution in [0.25, 0.3) is 0 Å². The monoisotopic (exact) mass is 464 g/mol. The lowest BCUT2D eigenvalue weighted by molar-refractivity contribution is -0.113. The Morgan fingerprint density at radius 1 is 0.939 bits per heavy atom. The summed E-state index contributed by atoms with van der Waals surface area (Å²) in [7, 11) is 0. The second kappa shape index (κ2) is 10.8. The third-order valence-electron chi connectivity index (χ3n) is 4.75. The molecule has 2 N–H and O–H groups in total. The van der Waals surface area contributed by atoms with Crippen LogP contribution in [0.15, 0.2) is 71.6 Å². The lowest BCUT2D eigenvalue weighted by atomic mass is 10.1. The fourth-order valence-electron chi connectivity index (χ4n) is 3.24. The number of fused-ring (bicyclic) bond motifs is 1. The number of benzene rings is 3. The summed E-state index contributed by atoms with van der Waals surface area (Å²) < 4.78 is 16.5. The van der Waals surface area contributed by atoms with Gasteiger partial charge in [-0.3, -0.25) is 9.59 Å². The van der Waals surface area contributed by atoms with E-state index in [4.69, 9.17) is 14.2 Å². The van der Waals surface area contributed by atoms with E-state index in [0.717, 1.165) is 10.6 Å². The largest absolute Gasteiger partial charge is 0.494 e. The molecule has 3 aromatic carbocycles. The Hall–Kier alpha value is -3.65. The smallest absolute Gasteiger partial charge is 0.257 e. The van der Waals surface area contributed by atoms with Crippen molar-refractivity contribution in [1.29, 1.82) is 0 Å². The van der Waals surface area contributed by atoms with E-state index >= 15 is 0 Å². The molecule has 0 fully saturated rings. The second-order valence-corrected chi connectivity index (χ2v) is 8.15. The molecule has 0 bridgehead atoms. The molecule has 1 aliphatic rings. The third-order valence-corrected chi connectivity index (χ3v) is 5.75. The highest BCUT2D eigenvalue weighted by Crippen LogP contribution is 2.34. The van der Waals surface area contributed by atoms with Gasteiger partial charge in [0.2, 0.25) is 5.91 Å². The average molecular weight is 465 g/mol. The van der Waals surface area contributed by atoms with Gasteiger partial charge in [0.05, 0.1) is 23.6 Å². The van der Waals surface area contributed by atoms with Gasteiger partial charge in [-0.25, -0.2) is 0 Å². The topological polar surface area (TPSA) is 85.9 Å². The fraction of sp³-hybridized carbons (Fsp3) is 0.200. The van der Waals surface area contributed by atoms with Crippen molar-refractivity contribution in [3.63, 3.8) is 0 Å². The summed E-state index contributed by atoms with van der Waals surface area (Å²) in [5.41, 5.74) is 1.47. The second-order valence-electron chi connectivity index (χ2n) is 7.10. The van der Waals surface area contributed by atoms with Gasteiger partial charge in [-0.15, -0.1) is 11.8 Å². The van der Waals surface area contributed by atoms with E-state index in [2.05, 4.69) is 10.6 Å². The quantitative estimate of drug-likeness (QED) is 0.464. The van der Waals surface area contributed by atoms with E-state index in [-0.39, 0.29) is 17.6 Å². The number of para-hydroxylation sites is 1. The van der Waals surface area contributed by atoms with Gasteiger partial charge >= 0.3 is 0 Å². The van der Waals surface area contributed by atoms with Crippen molar-refractivity contribution in [1.82, 2.24) is 0 Å². The Morgan fingerprint density at radius 3 is 2.48 bits per heavy atom.